The number of hydrogen-bond donors (Lipinski definition) is 1. The van der Waals surface area contributed by atoms with Crippen molar-refractivity contribution < 1.29 is 23.9 Å². The number of carbonyl (C=O) groups excluding carboxylic acids is 3. The van der Waals surface area contributed by atoms with Crippen LogP contribution < -0.4 is 5.32 Å². The van der Waals surface area contributed by atoms with E-state index >= 15 is 0 Å². The summed E-state index contributed by atoms with van der Waals surface area (Å²) < 4.78 is 9.63. The van der Waals surface area contributed by atoms with Crippen molar-refractivity contribution >= 4 is 18.0 Å². The summed E-state index contributed by atoms with van der Waals surface area (Å²) >= 11 is 0. The molecule has 1 N–H and O–H groups in total. The van der Waals surface area contributed by atoms with Gasteiger partial charge >= 0.3 is 18.0 Å². The van der Waals surface area contributed by atoms with Crippen LogP contribution in [0.25, 0.3) is 0 Å². The number of esters is 1. The fourth-order valence-corrected chi connectivity index (χ4v) is 1.81. The molecule has 1 aliphatic heterocycles. The number of amides is 2. The number of ether oxygens (including phenoxy) is 2. The Hall–Kier alpha value is -1.79. The predicted molar refractivity (Wildman–Crippen MR) is 59.6 cm³/mol. The molecule has 0 radical (unpaired) electrons. The number of nitrogens with zero attached hydrogens (tertiary/aromatic N) is 1. The molecule has 1 atom stereocenters. The predicted octanol–water partition coefficient (Wildman–Crippen LogP) is -0.351. The Bertz CT molecular complexity index is 366. The molecule has 2 rings (SSSR count). The summed E-state index contributed by atoms with van der Waals surface area (Å²) in [6.07, 6.45) is 1.29. The van der Waals surface area contributed by atoms with Gasteiger partial charge in [0.15, 0.2) is 0 Å². The highest BCUT2D eigenvalue weighted by atomic mass is 16.6. The van der Waals surface area contributed by atoms with Crippen LogP contribution in [0, 0.1) is 0 Å². The van der Waals surface area contributed by atoms with Gasteiger partial charge in [-0.1, -0.05) is 0 Å². The summed E-state index contributed by atoms with van der Waals surface area (Å²) in [5.74, 6) is -1.72. The van der Waals surface area contributed by atoms with Gasteiger partial charge in [0, 0.05) is 6.04 Å². The SMILES string of the molecule is CCOC(=O)C(=O)NCC1CN(C2CC2)C(=O)O1. The van der Waals surface area contributed by atoms with Gasteiger partial charge in [-0.15, -0.1) is 0 Å². The Balaban J connectivity index is 1.72. The normalized spacial score (nSPS) is 22.6. The first-order valence-electron chi connectivity index (χ1n) is 6.04. The lowest BCUT2D eigenvalue weighted by Crippen LogP contribution is -2.39. The lowest BCUT2D eigenvalue weighted by Gasteiger charge is -2.11. The lowest BCUT2D eigenvalue weighted by molar-refractivity contribution is -0.154. The van der Waals surface area contributed by atoms with Gasteiger partial charge in [-0.05, 0) is 19.8 Å². The third kappa shape index (κ3) is 2.91. The summed E-state index contributed by atoms with van der Waals surface area (Å²) in [6.45, 7) is 2.37. The minimum Gasteiger partial charge on any atom is -0.459 e. The number of hydrogen-bond acceptors (Lipinski definition) is 5. The molecule has 2 fully saturated rings. The Kier molecular flexibility index (Phi) is 3.69. The van der Waals surface area contributed by atoms with Crippen molar-refractivity contribution in [2.24, 2.45) is 0 Å². The summed E-state index contributed by atoms with van der Waals surface area (Å²) in [5, 5.41) is 2.39. The molecule has 1 unspecified atom stereocenters. The van der Waals surface area contributed by atoms with E-state index in [0.29, 0.717) is 12.6 Å². The molecule has 7 nitrogen and oxygen atoms in total. The summed E-state index contributed by atoms with van der Waals surface area (Å²) in [6, 6.07) is 0.295. The Morgan fingerprint density at radius 2 is 2.22 bits per heavy atom. The summed E-state index contributed by atoms with van der Waals surface area (Å²) in [5.41, 5.74) is 0. The van der Waals surface area contributed by atoms with E-state index in [-0.39, 0.29) is 19.2 Å². The van der Waals surface area contributed by atoms with Crippen LogP contribution in [0.3, 0.4) is 0 Å². The first-order valence-corrected chi connectivity index (χ1v) is 6.04. The second-order valence-corrected chi connectivity index (χ2v) is 4.32. The summed E-state index contributed by atoms with van der Waals surface area (Å²) in [4.78, 5) is 35.4. The molecule has 1 aliphatic carbocycles. The molecule has 7 heteroatoms. The maximum Gasteiger partial charge on any atom is 0.410 e. The van der Waals surface area contributed by atoms with Crippen molar-refractivity contribution in [3.05, 3.63) is 0 Å². The van der Waals surface area contributed by atoms with Gasteiger partial charge in [0.2, 0.25) is 0 Å². The third-order valence-corrected chi connectivity index (χ3v) is 2.84. The monoisotopic (exact) mass is 256 g/mol. The number of carbonyl (C=O) groups is 3. The molecule has 0 bridgehead atoms. The van der Waals surface area contributed by atoms with Gasteiger partial charge in [-0.3, -0.25) is 4.79 Å². The quantitative estimate of drug-likeness (QED) is 0.549. The maximum absolute atomic E-state index is 11.4. The molecule has 0 aromatic carbocycles. The zero-order chi connectivity index (χ0) is 13.1. The van der Waals surface area contributed by atoms with Crippen molar-refractivity contribution in [1.82, 2.24) is 10.2 Å². The first-order chi connectivity index (χ1) is 8.61. The van der Waals surface area contributed by atoms with Crippen LogP contribution in [0.1, 0.15) is 19.8 Å². The molecular formula is C11H16N2O5. The highest BCUT2D eigenvalue weighted by Gasteiger charge is 2.41. The zero-order valence-electron chi connectivity index (χ0n) is 10.2. The maximum atomic E-state index is 11.4. The van der Waals surface area contributed by atoms with E-state index in [0.717, 1.165) is 12.8 Å². The van der Waals surface area contributed by atoms with Gasteiger partial charge in [0.25, 0.3) is 0 Å². The average molecular weight is 256 g/mol. The molecule has 100 valence electrons. The van der Waals surface area contributed by atoms with Crippen molar-refractivity contribution in [2.75, 3.05) is 19.7 Å². The van der Waals surface area contributed by atoms with Gasteiger partial charge in [0.1, 0.15) is 6.10 Å². The van der Waals surface area contributed by atoms with E-state index in [2.05, 4.69) is 10.1 Å². The molecule has 1 saturated carbocycles. The molecule has 2 amide bonds. The smallest absolute Gasteiger partial charge is 0.410 e. The van der Waals surface area contributed by atoms with Gasteiger partial charge in [0.05, 0.1) is 19.7 Å². The Labute approximate surface area is 104 Å². The van der Waals surface area contributed by atoms with Crippen LogP contribution in [-0.2, 0) is 19.1 Å². The molecule has 1 heterocycles. The van der Waals surface area contributed by atoms with Crippen molar-refractivity contribution in [3.63, 3.8) is 0 Å². The van der Waals surface area contributed by atoms with Crippen molar-refractivity contribution in [2.45, 2.75) is 31.9 Å². The van der Waals surface area contributed by atoms with Crippen LogP contribution in [0.4, 0.5) is 4.79 Å². The fraction of sp³-hybridized carbons (Fsp3) is 0.727. The van der Waals surface area contributed by atoms with E-state index in [1.807, 2.05) is 0 Å². The lowest BCUT2D eigenvalue weighted by atomic mass is 10.3. The molecule has 0 aromatic heterocycles. The van der Waals surface area contributed by atoms with E-state index in [1.165, 1.54) is 0 Å². The van der Waals surface area contributed by atoms with E-state index in [9.17, 15) is 14.4 Å². The highest BCUT2D eigenvalue weighted by molar-refractivity contribution is 6.32. The molecule has 1 saturated heterocycles. The average Bonchev–Trinajstić information content (AvgIpc) is 3.11. The Morgan fingerprint density at radius 3 is 2.83 bits per heavy atom. The van der Waals surface area contributed by atoms with Crippen LogP contribution in [0.2, 0.25) is 0 Å². The van der Waals surface area contributed by atoms with Gasteiger partial charge in [-0.2, -0.15) is 0 Å². The minimum atomic E-state index is -0.916. The second kappa shape index (κ2) is 5.24. The summed E-state index contributed by atoms with van der Waals surface area (Å²) in [7, 11) is 0. The van der Waals surface area contributed by atoms with Gasteiger partial charge in [-0.25, -0.2) is 9.59 Å². The standard InChI is InChI=1S/C11H16N2O5/c1-2-17-10(15)9(14)12-5-8-6-13(7-3-4-7)11(16)18-8/h7-8H,2-6H2,1H3,(H,12,14). The minimum absolute atomic E-state index is 0.132. The van der Waals surface area contributed by atoms with E-state index in [1.54, 1.807) is 11.8 Å². The first kappa shape index (κ1) is 12.7. The Morgan fingerprint density at radius 1 is 1.50 bits per heavy atom. The van der Waals surface area contributed by atoms with Crippen LogP contribution in [0.5, 0.6) is 0 Å². The number of cyclic esters (lactones) is 1. The van der Waals surface area contributed by atoms with Crippen molar-refractivity contribution in [3.8, 4) is 0 Å². The van der Waals surface area contributed by atoms with Crippen LogP contribution >= 0.6 is 0 Å². The largest absolute Gasteiger partial charge is 0.459 e. The van der Waals surface area contributed by atoms with Crippen molar-refractivity contribution in [1.29, 1.82) is 0 Å². The molecular weight excluding hydrogens is 240 g/mol. The molecule has 0 spiro atoms. The fourth-order valence-electron chi connectivity index (χ4n) is 1.81. The van der Waals surface area contributed by atoms with Crippen LogP contribution in [-0.4, -0.2) is 54.7 Å². The molecule has 2 aliphatic rings. The van der Waals surface area contributed by atoms with E-state index < -0.39 is 18.0 Å². The molecule has 18 heavy (non-hydrogen) atoms. The number of rotatable bonds is 4. The highest BCUT2D eigenvalue weighted by Crippen LogP contribution is 2.30. The zero-order valence-corrected chi connectivity index (χ0v) is 10.2. The topological polar surface area (TPSA) is 84.9 Å². The second-order valence-electron chi connectivity index (χ2n) is 4.32. The number of nitrogens with one attached hydrogen (secondary N) is 1. The molecule has 0 aromatic rings. The third-order valence-electron chi connectivity index (χ3n) is 2.84. The van der Waals surface area contributed by atoms with E-state index in [4.69, 9.17) is 4.74 Å². The van der Waals surface area contributed by atoms with Crippen LogP contribution in [0.15, 0.2) is 0 Å². The van der Waals surface area contributed by atoms with Gasteiger partial charge < -0.3 is 19.7 Å².